The van der Waals surface area contributed by atoms with Crippen molar-refractivity contribution >= 4 is 0 Å². The van der Waals surface area contributed by atoms with Crippen LogP contribution >= 0.6 is 0 Å². The van der Waals surface area contributed by atoms with Gasteiger partial charge in [0.05, 0.1) is 0 Å². The van der Waals surface area contributed by atoms with E-state index in [1.807, 2.05) is 6.92 Å². The van der Waals surface area contributed by atoms with Gasteiger partial charge in [0, 0.05) is 12.6 Å². The van der Waals surface area contributed by atoms with E-state index in [2.05, 4.69) is 37.4 Å². The molecule has 0 spiro atoms. The van der Waals surface area contributed by atoms with Crippen LogP contribution in [0.1, 0.15) is 42.9 Å². The first-order chi connectivity index (χ1) is 8.05. The molecule has 2 nitrogen and oxygen atoms in total. The maximum Gasteiger partial charge on any atom is 0.102 e. The summed E-state index contributed by atoms with van der Waals surface area (Å²) < 4.78 is 0. The van der Waals surface area contributed by atoms with E-state index in [1.165, 1.54) is 24.0 Å². The number of aryl methyl sites for hydroxylation is 2. The Kier molecular flexibility index (Phi) is 3.55. The normalized spacial score (nSPS) is 19.1. The van der Waals surface area contributed by atoms with Crippen LogP contribution in [0, 0.1) is 13.8 Å². The third kappa shape index (κ3) is 2.88. The van der Waals surface area contributed by atoms with Crippen molar-refractivity contribution in [2.24, 2.45) is 0 Å². The monoisotopic (exact) mass is 233 g/mol. The van der Waals surface area contributed by atoms with Crippen LogP contribution in [0.15, 0.2) is 18.2 Å². The maximum atomic E-state index is 10.7. The predicted molar refractivity (Wildman–Crippen MR) is 71.1 cm³/mol. The summed E-state index contributed by atoms with van der Waals surface area (Å²) in [5.74, 6) is 0. The molecule has 1 atom stereocenters. The van der Waals surface area contributed by atoms with Crippen molar-refractivity contribution in [1.29, 1.82) is 0 Å². The van der Waals surface area contributed by atoms with Gasteiger partial charge >= 0.3 is 0 Å². The lowest BCUT2D eigenvalue weighted by atomic mass is 9.89. The Bertz CT molecular complexity index is 398. The SMILES string of the molecule is CCC(O)(CNC1CC1)c1ccc(C)c(C)c1. The van der Waals surface area contributed by atoms with E-state index in [0.29, 0.717) is 12.6 Å². The molecule has 2 rings (SSSR count). The minimum atomic E-state index is -0.721. The van der Waals surface area contributed by atoms with Crippen LogP contribution in [-0.4, -0.2) is 17.7 Å². The zero-order valence-corrected chi connectivity index (χ0v) is 11.1. The molecule has 1 aliphatic carbocycles. The summed E-state index contributed by atoms with van der Waals surface area (Å²) in [5, 5.41) is 14.2. The average Bonchev–Trinajstić information content (AvgIpc) is 3.13. The first-order valence-electron chi connectivity index (χ1n) is 6.58. The highest BCUT2D eigenvalue weighted by molar-refractivity contribution is 5.33. The number of rotatable bonds is 5. The van der Waals surface area contributed by atoms with E-state index in [1.54, 1.807) is 0 Å². The van der Waals surface area contributed by atoms with Crippen molar-refractivity contribution in [2.45, 2.75) is 51.7 Å². The largest absolute Gasteiger partial charge is 0.384 e. The van der Waals surface area contributed by atoms with Crippen molar-refractivity contribution in [3.63, 3.8) is 0 Å². The Morgan fingerprint density at radius 1 is 1.29 bits per heavy atom. The summed E-state index contributed by atoms with van der Waals surface area (Å²) in [5.41, 5.74) is 2.85. The molecule has 1 saturated carbocycles. The first kappa shape index (κ1) is 12.6. The second-order valence-electron chi connectivity index (χ2n) is 5.34. The lowest BCUT2D eigenvalue weighted by molar-refractivity contribution is 0.0322. The average molecular weight is 233 g/mol. The second-order valence-corrected chi connectivity index (χ2v) is 5.34. The summed E-state index contributed by atoms with van der Waals surface area (Å²) in [7, 11) is 0. The molecule has 0 bridgehead atoms. The predicted octanol–water partition coefficient (Wildman–Crippen LogP) is 2.65. The number of nitrogens with one attached hydrogen (secondary N) is 1. The minimum Gasteiger partial charge on any atom is -0.384 e. The van der Waals surface area contributed by atoms with Crippen molar-refractivity contribution in [2.75, 3.05) is 6.54 Å². The van der Waals surface area contributed by atoms with Gasteiger partial charge in [0.25, 0.3) is 0 Å². The molecule has 94 valence electrons. The van der Waals surface area contributed by atoms with Crippen molar-refractivity contribution in [3.8, 4) is 0 Å². The fourth-order valence-corrected chi connectivity index (χ4v) is 2.06. The molecule has 0 aromatic heterocycles. The number of benzene rings is 1. The second kappa shape index (κ2) is 4.79. The van der Waals surface area contributed by atoms with E-state index in [4.69, 9.17) is 0 Å². The van der Waals surface area contributed by atoms with Crippen LogP contribution < -0.4 is 5.32 Å². The van der Waals surface area contributed by atoms with E-state index < -0.39 is 5.60 Å². The Hall–Kier alpha value is -0.860. The number of hydrogen-bond acceptors (Lipinski definition) is 2. The molecule has 0 saturated heterocycles. The topological polar surface area (TPSA) is 32.3 Å². The zero-order valence-electron chi connectivity index (χ0n) is 11.1. The molecule has 2 N–H and O–H groups in total. The Balaban J connectivity index is 2.16. The van der Waals surface area contributed by atoms with Gasteiger partial charge in [0.2, 0.25) is 0 Å². The first-order valence-corrected chi connectivity index (χ1v) is 6.58. The minimum absolute atomic E-state index is 0.639. The molecule has 2 heteroatoms. The molecule has 17 heavy (non-hydrogen) atoms. The molecule has 1 aromatic rings. The Labute approximate surface area is 104 Å². The molecule has 1 fully saturated rings. The smallest absolute Gasteiger partial charge is 0.102 e. The van der Waals surface area contributed by atoms with E-state index in [0.717, 1.165) is 12.0 Å². The molecular weight excluding hydrogens is 210 g/mol. The molecule has 1 aliphatic rings. The van der Waals surface area contributed by atoms with Gasteiger partial charge in [-0.1, -0.05) is 25.1 Å². The van der Waals surface area contributed by atoms with Crippen molar-refractivity contribution in [3.05, 3.63) is 34.9 Å². The van der Waals surface area contributed by atoms with Gasteiger partial charge in [-0.3, -0.25) is 0 Å². The summed E-state index contributed by atoms with van der Waals surface area (Å²) >= 11 is 0. The third-order valence-electron chi connectivity index (χ3n) is 3.89. The van der Waals surface area contributed by atoms with Crippen LogP contribution in [-0.2, 0) is 5.60 Å². The molecule has 0 aliphatic heterocycles. The maximum absolute atomic E-state index is 10.7. The molecule has 1 unspecified atom stereocenters. The molecule has 0 radical (unpaired) electrons. The Morgan fingerprint density at radius 3 is 2.53 bits per heavy atom. The molecule has 0 amide bonds. The van der Waals surface area contributed by atoms with Crippen LogP contribution in [0.4, 0.5) is 0 Å². The zero-order chi connectivity index (χ0) is 12.5. The summed E-state index contributed by atoms with van der Waals surface area (Å²) in [6.07, 6.45) is 3.26. The van der Waals surface area contributed by atoms with Gasteiger partial charge in [-0.2, -0.15) is 0 Å². The lowest BCUT2D eigenvalue weighted by Gasteiger charge is -2.28. The lowest BCUT2D eigenvalue weighted by Crippen LogP contribution is -2.38. The molecule has 0 heterocycles. The van der Waals surface area contributed by atoms with E-state index >= 15 is 0 Å². The van der Waals surface area contributed by atoms with Crippen LogP contribution in [0.3, 0.4) is 0 Å². The fraction of sp³-hybridized carbons (Fsp3) is 0.600. The quantitative estimate of drug-likeness (QED) is 0.819. The van der Waals surface area contributed by atoms with E-state index in [9.17, 15) is 5.11 Å². The summed E-state index contributed by atoms with van der Waals surface area (Å²) in [4.78, 5) is 0. The van der Waals surface area contributed by atoms with Gasteiger partial charge in [-0.05, 0) is 49.8 Å². The van der Waals surface area contributed by atoms with Gasteiger partial charge in [-0.25, -0.2) is 0 Å². The Morgan fingerprint density at radius 2 is 2.00 bits per heavy atom. The number of aliphatic hydroxyl groups is 1. The highest BCUT2D eigenvalue weighted by Crippen LogP contribution is 2.28. The van der Waals surface area contributed by atoms with Crippen LogP contribution in [0.2, 0.25) is 0 Å². The van der Waals surface area contributed by atoms with Gasteiger partial charge in [0.15, 0.2) is 0 Å². The fourth-order valence-electron chi connectivity index (χ4n) is 2.06. The van der Waals surface area contributed by atoms with Crippen molar-refractivity contribution in [1.82, 2.24) is 5.32 Å². The summed E-state index contributed by atoms with van der Waals surface area (Å²) in [6.45, 7) is 6.91. The van der Waals surface area contributed by atoms with E-state index in [-0.39, 0.29) is 0 Å². The molecule has 1 aromatic carbocycles. The third-order valence-corrected chi connectivity index (χ3v) is 3.89. The number of hydrogen-bond donors (Lipinski definition) is 2. The standard InChI is InChI=1S/C15H23NO/c1-4-15(17,10-16-14-7-8-14)13-6-5-11(2)12(3)9-13/h5-6,9,14,16-17H,4,7-8,10H2,1-3H3. The van der Waals surface area contributed by atoms with Gasteiger partial charge < -0.3 is 10.4 Å². The van der Waals surface area contributed by atoms with Gasteiger partial charge in [0.1, 0.15) is 5.60 Å². The van der Waals surface area contributed by atoms with Crippen molar-refractivity contribution < 1.29 is 5.11 Å². The van der Waals surface area contributed by atoms with Crippen LogP contribution in [0.25, 0.3) is 0 Å². The van der Waals surface area contributed by atoms with Gasteiger partial charge in [-0.15, -0.1) is 0 Å². The molecular formula is C15H23NO. The summed E-state index contributed by atoms with van der Waals surface area (Å²) in [6, 6.07) is 6.91. The van der Waals surface area contributed by atoms with Crippen LogP contribution in [0.5, 0.6) is 0 Å². The highest BCUT2D eigenvalue weighted by atomic mass is 16.3. The highest BCUT2D eigenvalue weighted by Gasteiger charge is 2.30.